The highest BCUT2D eigenvalue weighted by atomic mass is 32.2. The summed E-state index contributed by atoms with van der Waals surface area (Å²) < 4.78 is 26.4. The molecule has 2 aliphatic heterocycles. The van der Waals surface area contributed by atoms with E-state index in [2.05, 4.69) is 26.0 Å². The summed E-state index contributed by atoms with van der Waals surface area (Å²) >= 11 is 0. The van der Waals surface area contributed by atoms with Crippen LogP contribution in [0.4, 0.5) is 5.69 Å². The smallest absolute Gasteiger partial charge is 0.230 e. The van der Waals surface area contributed by atoms with Gasteiger partial charge in [0, 0.05) is 31.2 Å². The Hall–Kier alpha value is -1.40. The molecule has 27 heavy (non-hydrogen) atoms. The molecule has 1 aromatic rings. The van der Waals surface area contributed by atoms with Crippen LogP contribution in [0.2, 0.25) is 0 Å². The monoisotopic (exact) mass is 392 g/mol. The van der Waals surface area contributed by atoms with Crippen LogP contribution in [0, 0.1) is 19.8 Å². The normalized spacial score (nSPS) is 19.1. The van der Waals surface area contributed by atoms with Crippen LogP contribution < -0.4 is 4.90 Å². The minimum absolute atomic E-state index is 0.0746. The Morgan fingerprint density at radius 2 is 1.85 bits per heavy atom. The van der Waals surface area contributed by atoms with Gasteiger partial charge in [0.05, 0.1) is 5.75 Å². The van der Waals surface area contributed by atoms with Crippen LogP contribution in [0.5, 0.6) is 0 Å². The van der Waals surface area contributed by atoms with Crippen molar-refractivity contribution in [3.05, 3.63) is 28.8 Å². The third-order valence-electron chi connectivity index (χ3n) is 5.91. The number of carbonyl (C=O) groups excluding carboxylic acids is 1. The molecule has 1 aromatic carbocycles. The van der Waals surface area contributed by atoms with Crippen molar-refractivity contribution in [2.75, 3.05) is 30.3 Å². The van der Waals surface area contributed by atoms with Crippen molar-refractivity contribution in [3.63, 3.8) is 0 Å². The molecule has 2 aliphatic rings. The van der Waals surface area contributed by atoms with Gasteiger partial charge in [-0.15, -0.1) is 0 Å². The summed E-state index contributed by atoms with van der Waals surface area (Å²) in [5, 5.41) is 0. The average molecular weight is 393 g/mol. The van der Waals surface area contributed by atoms with E-state index in [1.807, 2.05) is 11.8 Å². The number of unbranched alkanes of at least 4 members (excludes halogenated alkanes) is 1. The van der Waals surface area contributed by atoms with E-state index in [1.165, 1.54) is 16.7 Å². The van der Waals surface area contributed by atoms with Crippen LogP contribution in [0.15, 0.2) is 12.1 Å². The zero-order valence-corrected chi connectivity index (χ0v) is 17.6. The molecule has 0 unspecified atom stereocenters. The SMILES string of the molecule is CCCCS(=O)(=O)N1CCC(C(=O)N2CCCc3c(C)cc(C)cc32)CC1. The number of hydrogen-bond donors (Lipinski definition) is 0. The molecule has 2 heterocycles. The first-order valence-electron chi connectivity index (χ1n) is 10.2. The third kappa shape index (κ3) is 4.37. The van der Waals surface area contributed by atoms with Gasteiger partial charge in [0.1, 0.15) is 0 Å². The fraction of sp³-hybridized carbons (Fsp3) is 0.667. The Morgan fingerprint density at radius 1 is 1.15 bits per heavy atom. The standard InChI is InChI=1S/C21H32N2O3S/c1-4-5-13-27(25,26)22-11-8-18(9-12-22)21(24)23-10-6-7-19-17(3)14-16(2)15-20(19)23/h14-15,18H,4-13H2,1-3H3. The molecule has 0 N–H and O–H groups in total. The number of sulfonamides is 1. The molecule has 3 rings (SSSR count). The Labute approximate surface area is 163 Å². The van der Waals surface area contributed by atoms with Gasteiger partial charge >= 0.3 is 0 Å². The summed E-state index contributed by atoms with van der Waals surface area (Å²) in [4.78, 5) is 15.2. The van der Waals surface area contributed by atoms with Gasteiger partial charge in [0.2, 0.25) is 15.9 Å². The molecule has 1 fully saturated rings. The largest absolute Gasteiger partial charge is 0.312 e. The highest BCUT2D eigenvalue weighted by Gasteiger charge is 2.34. The zero-order valence-electron chi connectivity index (χ0n) is 16.8. The second-order valence-electron chi connectivity index (χ2n) is 8.02. The highest BCUT2D eigenvalue weighted by molar-refractivity contribution is 7.89. The lowest BCUT2D eigenvalue weighted by Gasteiger charge is -2.36. The predicted octanol–water partition coefficient (Wildman–Crippen LogP) is 3.42. The number of hydrogen-bond acceptors (Lipinski definition) is 3. The van der Waals surface area contributed by atoms with Crippen LogP contribution in [-0.4, -0.2) is 44.0 Å². The van der Waals surface area contributed by atoms with Crippen molar-refractivity contribution in [1.82, 2.24) is 4.31 Å². The summed E-state index contributed by atoms with van der Waals surface area (Å²) in [5.74, 6) is 0.320. The van der Waals surface area contributed by atoms with E-state index < -0.39 is 10.0 Å². The van der Waals surface area contributed by atoms with Crippen molar-refractivity contribution in [3.8, 4) is 0 Å². The summed E-state index contributed by atoms with van der Waals surface area (Å²) in [6.07, 6.45) is 4.85. The van der Waals surface area contributed by atoms with Crippen molar-refractivity contribution in [1.29, 1.82) is 0 Å². The van der Waals surface area contributed by atoms with Gasteiger partial charge < -0.3 is 4.90 Å². The maximum atomic E-state index is 13.2. The molecular formula is C21H32N2O3S. The molecular weight excluding hydrogens is 360 g/mol. The van der Waals surface area contributed by atoms with E-state index in [-0.39, 0.29) is 17.6 Å². The average Bonchev–Trinajstić information content (AvgIpc) is 2.65. The van der Waals surface area contributed by atoms with Crippen LogP contribution in [0.1, 0.15) is 55.7 Å². The topological polar surface area (TPSA) is 57.7 Å². The molecule has 6 heteroatoms. The quantitative estimate of drug-likeness (QED) is 0.771. The molecule has 0 spiro atoms. The van der Waals surface area contributed by atoms with E-state index in [0.717, 1.165) is 31.5 Å². The van der Waals surface area contributed by atoms with Crippen molar-refractivity contribution in [2.45, 2.75) is 59.3 Å². The number of benzene rings is 1. The second kappa shape index (κ2) is 8.31. The fourth-order valence-electron chi connectivity index (χ4n) is 4.36. The van der Waals surface area contributed by atoms with Crippen molar-refractivity contribution in [2.24, 2.45) is 5.92 Å². The Kier molecular flexibility index (Phi) is 6.26. The number of rotatable bonds is 5. The number of carbonyl (C=O) groups is 1. The first kappa shape index (κ1) is 20.3. The van der Waals surface area contributed by atoms with Gasteiger partial charge in [-0.3, -0.25) is 4.79 Å². The highest BCUT2D eigenvalue weighted by Crippen LogP contribution is 2.33. The molecule has 1 saturated heterocycles. The molecule has 1 amide bonds. The zero-order chi connectivity index (χ0) is 19.6. The molecule has 0 bridgehead atoms. The van der Waals surface area contributed by atoms with Crippen LogP contribution in [-0.2, 0) is 21.2 Å². The molecule has 5 nitrogen and oxygen atoms in total. The van der Waals surface area contributed by atoms with Gasteiger partial charge in [-0.1, -0.05) is 19.4 Å². The number of piperidine rings is 1. The van der Waals surface area contributed by atoms with E-state index in [9.17, 15) is 13.2 Å². The van der Waals surface area contributed by atoms with Crippen molar-refractivity contribution >= 4 is 21.6 Å². The number of anilines is 1. The van der Waals surface area contributed by atoms with Gasteiger partial charge in [0.15, 0.2) is 0 Å². The van der Waals surface area contributed by atoms with Gasteiger partial charge in [-0.2, -0.15) is 0 Å². The molecule has 0 aromatic heterocycles. The minimum atomic E-state index is -3.17. The third-order valence-corrected chi connectivity index (χ3v) is 7.87. The lowest BCUT2D eigenvalue weighted by Crippen LogP contribution is -2.46. The lowest BCUT2D eigenvalue weighted by atomic mass is 9.91. The molecule has 0 atom stereocenters. The summed E-state index contributed by atoms with van der Waals surface area (Å²) in [6.45, 7) is 7.90. The van der Waals surface area contributed by atoms with Gasteiger partial charge in [-0.05, 0) is 68.7 Å². The minimum Gasteiger partial charge on any atom is -0.312 e. The van der Waals surface area contributed by atoms with Crippen LogP contribution >= 0.6 is 0 Å². The van der Waals surface area contributed by atoms with E-state index in [0.29, 0.717) is 32.4 Å². The van der Waals surface area contributed by atoms with E-state index >= 15 is 0 Å². The number of amides is 1. The number of fused-ring (bicyclic) bond motifs is 1. The maximum absolute atomic E-state index is 13.2. The fourth-order valence-corrected chi connectivity index (χ4v) is 6.04. The summed E-state index contributed by atoms with van der Waals surface area (Å²) in [5.41, 5.74) is 4.81. The Balaban J connectivity index is 1.69. The first-order chi connectivity index (χ1) is 12.8. The first-order valence-corrected chi connectivity index (χ1v) is 11.8. The van der Waals surface area contributed by atoms with Crippen LogP contribution in [0.25, 0.3) is 0 Å². The maximum Gasteiger partial charge on any atom is 0.230 e. The van der Waals surface area contributed by atoms with Crippen molar-refractivity contribution < 1.29 is 13.2 Å². The van der Waals surface area contributed by atoms with Crippen LogP contribution in [0.3, 0.4) is 0 Å². The van der Waals surface area contributed by atoms with Gasteiger partial charge in [0.25, 0.3) is 0 Å². The second-order valence-corrected chi connectivity index (χ2v) is 10.1. The van der Waals surface area contributed by atoms with E-state index in [4.69, 9.17) is 0 Å². The molecule has 150 valence electrons. The van der Waals surface area contributed by atoms with Gasteiger partial charge in [-0.25, -0.2) is 12.7 Å². The number of aryl methyl sites for hydroxylation is 2. The summed E-state index contributed by atoms with van der Waals surface area (Å²) in [7, 11) is -3.17. The molecule has 0 radical (unpaired) electrons. The predicted molar refractivity (Wildman–Crippen MR) is 110 cm³/mol. The Morgan fingerprint density at radius 3 is 2.52 bits per heavy atom. The number of nitrogens with zero attached hydrogens (tertiary/aromatic N) is 2. The Bertz CT molecular complexity index is 796. The lowest BCUT2D eigenvalue weighted by molar-refractivity contribution is -0.123. The molecule has 0 saturated carbocycles. The summed E-state index contributed by atoms with van der Waals surface area (Å²) in [6, 6.07) is 4.32. The molecule has 0 aliphatic carbocycles. The van der Waals surface area contributed by atoms with E-state index in [1.54, 1.807) is 4.31 Å².